The van der Waals surface area contributed by atoms with Gasteiger partial charge in [-0.1, -0.05) is 34.1 Å². The van der Waals surface area contributed by atoms with Crippen LogP contribution in [0, 0.1) is 28.1 Å². The van der Waals surface area contributed by atoms with Crippen molar-refractivity contribution in [3.05, 3.63) is 0 Å². The molecule has 0 aromatic heterocycles. The number of fused-ring (bicyclic) bond motifs is 1. The predicted molar refractivity (Wildman–Crippen MR) is 78.1 cm³/mol. The molecule has 0 N–H and O–H groups in total. The van der Waals surface area contributed by atoms with Gasteiger partial charge in [-0.15, -0.1) is 0 Å². The number of esters is 1. The Balaban J connectivity index is 2.35. The van der Waals surface area contributed by atoms with Gasteiger partial charge in [-0.3, -0.25) is 4.79 Å². The summed E-state index contributed by atoms with van der Waals surface area (Å²) < 4.78 is 5.22. The van der Waals surface area contributed by atoms with Gasteiger partial charge in [0.15, 0.2) is 0 Å². The fraction of sp³-hybridized carbons (Fsp3) is 0.882. The summed E-state index contributed by atoms with van der Waals surface area (Å²) in [6.45, 7) is 11.0. The van der Waals surface area contributed by atoms with E-state index in [0.29, 0.717) is 6.61 Å². The molecule has 4 unspecified atom stereocenters. The van der Waals surface area contributed by atoms with Crippen molar-refractivity contribution >= 4 is 12.3 Å². The molecule has 2 aliphatic rings. The summed E-state index contributed by atoms with van der Waals surface area (Å²) in [4.78, 5) is 22.9. The van der Waals surface area contributed by atoms with Crippen molar-refractivity contribution in [2.75, 3.05) is 6.61 Å². The van der Waals surface area contributed by atoms with Crippen LogP contribution in [0.5, 0.6) is 0 Å². The SMILES string of the molecule is CC(=O)OCC1CC2(C)CCCC(C)(C)C2(C)C1C=O. The van der Waals surface area contributed by atoms with E-state index in [9.17, 15) is 9.59 Å². The molecule has 3 nitrogen and oxygen atoms in total. The van der Waals surface area contributed by atoms with E-state index in [2.05, 4.69) is 27.7 Å². The second kappa shape index (κ2) is 4.85. The zero-order valence-electron chi connectivity index (χ0n) is 13.5. The first-order valence-electron chi connectivity index (χ1n) is 7.77. The highest BCUT2D eigenvalue weighted by molar-refractivity contribution is 5.66. The zero-order valence-corrected chi connectivity index (χ0v) is 13.5. The van der Waals surface area contributed by atoms with Crippen molar-refractivity contribution in [1.29, 1.82) is 0 Å². The molecule has 0 spiro atoms. The van der Waals surface area contributed by atoms with Gasteiger partial charge < -0.3 is 9.53 Å². The Morgan fingerprint density at radius 3 is 2.45 bits per heavy atom. The summed E-state index contributed by atoms with van der Waals surface area (Å²) >= 11 is 0. The second-order valence-corrected chi connectivity index (χ2v) is 7.93. The van der Waals surface area contributed by atoms with Gasteiger partial charge in [0.2, 0.25) is 0 Å². The molecule has 4 atom stereocenters. The van der Waals surface area contributed by atoms with Gasteiger partial charge in [0.1, 0.15) is 6.29 Å². The molecule has 0 bridgehead atoms. The average Bonchev–Trinajstić information content (AvgIpc) is 2.56. The van der Waals surface area contributed by atoms with Gasteiger partial charge in [-0.2, -0.15) is 0 Å². The van der Waals surface area contributed by atoms with Gasteiger partial charge in [-0.05, 0) is 35.5 Å². The average molecular weight is 280 g/mol. The highest BCUT2D eigenvalue weighted by atomic mass is 16.5. The van der Waals surface area contributed by atoms with Crippen LogP contribution in [0.1, 0.15) is 60.3 Å². The first-order chi connectivity index (χ1) is 9.18. The Kier molecular flexibility index (Phi) is 3.77. The van der Waals surface area contributed by atoms with Crippen LogP contribution in [0.3, 0.4) is 0 Å². The third-order valence-corrected chi connectivity index (χ3v) is 6.72. The van der Waals surface area contributed by atoms with Crippen molar-refractivity contribution < 1.29 is 14.3 Å². The van der Waals surface area contributed by atoms with Crippen LogP contribution in [0.4, 0.5) is 0 Å². The lowest BCUT2D eigenvalue weighted by atomic mass is 9.46. The number of aldehydes is 1. The first-order valence-corrected chi connectivity index (χ1v) is 7.77. The van der Waals surface area contributed by atoms with Gasteiger partial charge in [-0.25, -0.2) is 0 Å². The molecular formula is C17H28O3. The van der Waals surface area contributed by atoms with Gasteiger partial charge in [0, 0.05) is 18.8 Å². The number of ether oxygens (including phenoxy) is 1. The van der Waals surface area contributed by atoms with Crippen LogP contribution in [0.25, 0.3) is 0 Å². The lowest BCUT2D eigenvalue weighted by molar-refractivity contribution is -0.145. The minimum Gasteiger partial charge on any atom is -0.466 e. The molecule has 2 fully saturated rings. The van der Waals surface area contributed by atoms with E-state index >= 15 is 0 Å². The Hall–Kier alpha value is -0.860. The van der Waals surface area contributed by atoms with Gasteiger partial charge >= 0.3 is 5.97 Å². The van der Waals surface area contributed by atoms with Crippen molar-refractivity contribution in [1.82, 2.24) is 0 Å². The normalized spacial score (nSPS) is 42.9. The molecule has 2 rings (SSSR count). The molecule has 114 valence electrons. The fourth-order valence-corrected chi connectivity index (χ4v) is 5.24. The van der Waals surface area contributed by atoms with Crippen molar-refractivity contribution in [2.24, 2.45) is 28.1 Å². The van der Waals surface area contributed by atoms with Crippen LogP contribution in [-0.4, -0.2) is 18.9 Å². The number of rotatable bonds is 3. The van der Waals surface area contributed by atoms with E-state index in [-0.39, 0.29) is 34.1 Å². The smallest absolute Gasteiger partial charge is 0.302 e. The lowest BCUT2D eigenvalue weighted by Gasteiger charge is -2.57. The molecule has 0 heterocycles. The number of carbonyl (C=O) groups is 2. The van der Waals surface area contributed by atoms with Crippen molar-refractivity contribution in [3.8, 4) is 0 Å². The second-order valence-electron chi connectivity index (χ2n) is 7.93. The van der Waals surface area contributed by atoms with Gasteiger partial charge in [0.05, 0.1) is 6.61 Å². The first kappa shape index (κ1) is 15.5. The maximum atomic E-state index is 11.8. The molecule has 2 aliphatic carbocycles. The zero-order chi connectivity index (χ0) is 15.2. The van der Waals surface area contributed by atoms with E-state index in [0.717, 1.165) is 12.7 Å². The van der Waals surface area contributed by atoms with E-state index < -0.39 is 0 Å². The quantitative estimate of drug-likeness (QED) is 0.586. The third kappa shape index (κ3) is 2.01. The van der Waals surface area contributed by atoms with E-state index in [4.69, 9.17) is 4.74 Å². The number of hydrogen-bond donors (Lipinski definition) is 0. The maximum absolute atomic E-state index is 11.8. The van der Waals surface area contributed by atoms with E-state index in [1.807, 2.05) is 0 Å². The van der Waals surface area contributed by atoms with Crippen LogP contribution < -0.4 is 0 Å². The molecular weight excluding hydrogens is 252 g/mol. The molecule has 2 saturated carbocycles. The minimum absolute atomic E-state index is 0.00911. The minimum atomic E-state index is -0.251. The van der Waals surface area contributed by atoms with Crippen molar-refractivity contribution in [2.45, 2.75) is 60.3 Å². The molecule has 0 radical (unpaired) electrons. The number of hydrogen-bond acceptors (Lipinski definition) is 3. The standard InChI is InChI=1S/C17H28O3/c1-12(19)20-11-13-9-16(4)8-6-7-15(2,3)17(16,5)14(13)10-18/h10,13-14H,6-9,11H2,1-5H3. The molecule has 20 heavy (non-hydrogen) atoms. The lowest BCUT2D eigenvalue weighted by Crippen LogP contribution is -2.52. The summed E-state index contributed by atoms with van der Waals surface area (Å²) in [7, 11) is 0. The molecule has 0 amide bonds. The molecule has 3 heteroatoms. The summed E-state index contributed by atoms with van der Waals surface area (Å²) in [6, 6.07) is 0. The molecule has 0 saturated heterocycles. The fourth-order valence-electron chi connectivity index (χ4n) is 5.24. The summed E-state index contributed by atoms with van der Waals surface area (Å²) in [5, 5.41) is 0. The Morgan fingerprint density at radius 1 is 1.25 bits per heavy atom. The Morgan fingerprint density at radius 2 is 1.90 bits per heavy atom. The monoisotopic (exact) mass is 280 g/mol. The summed E-state index contributed by atoms with van der Waals surface area (Å²) in [6.07, 6.45) is 5.69. The van der Waals surface area contributed by atoms with E-state index in [1.165, 1.54) is 26.2 Å². The Bertz CT molecular complexity index is 414. The van der Waals surface area contributed by atoms with Gasteiger partial charge in [0.25, 0.3) is 0 Å². The highest BCUT2D eigenvalue weighted by Gasteiger charge is 2.65. The Labute approximate surface area is 122 Å². The maximum Gasteiger partial charge on any atom is 0.302 e. The van der Waals surface area contributed by atoms with Crippen LogP contribution >= 0.6 is 0 Å². The van der Waals surface area contributed by atoms with Crippen LogP contribution in [0.15, 0.2) is 0 Å². The topological polar surface area (TPSA) is 43.4 Å². The summed E-state index contributed by atoms with van der Waals surface area (Å²) in [5.41, 5.74) is 0.312. The van der Waals surface area contributed by atoms with Crippen molar-refractivity contribution in [3.63, 3.8) is 0 Å². The highest BCUT2D eigenvalue weighted by Crippen LogP contribution is 2.70. The predicted octanol–water partition coefficient (Wildman–Crippen LogP) is 3.61. The van der Waals surface area contributed by atoms with E-state index in [1.54, 1.807) is 0 Å². The molecule has 0 aromatic rings. The molecule has 0 aliphatic heterocycles. The largest absolute Gasteiger partial charge is 0.466 e. The molecule has 0 aromatic carbocycles. The summed E-state index contributed by atoms with van der Waals surface area (Å²) in [5.74, 6) is -0.0926. The van der Waals surface area contributed by atoms with Crippen LogP contribution in [0.2, 0.25) is 0 Å². The van der Waals surface area contributed by atoms with Crippen LogP contribution in [-0.2, 0) is 14.3 Å². The number of carbonyl (C=O) groups excluding carboxylic acids is 2. The third-order valence-electron chi connectivity index (χ3n) is 6.72.